The maximum Gasteiger partial charge on any atom is 0.224 e. The second-order valence-corrected chi connectivity index (χ2v) is 5.17. The summed E-state index contributed by atoms with van der Waals surface area (Å²) in [5.41, 5.74) is 2.84. The van der Waals surface area contributed by atoms with Gasteiger partial charge in [-0.3, -0.25) is 4.79 Å². The van der Waals surface area contributed by atoms with Crippen molar-refractivity contribution in [3.63, 3.8) is 0 Å². The molecule has 1 amide bonds. The highest BCUT2D eigenvalue weighted by atomic mass is 16.2. The van der Waals surface area contributed by atoms with E-state index in [1.807, 2.05) is 28.7 Å². The Labute approximate surface area is 117 Å². The smallest absolute Gasteiger partial charge is 0.224 e. The molecular weight excluding hydrogens is 254 g/mol. The standard InChI is InChI=1S/C14H19N5O/c1-11-8-12-14(16-9-11)19(10-17-12)5-2-13(20)18-6-3-15-4-7-18/h8-10,15H,2-7H2,1H3. The van der Waals surface area contributed by atoms with E-state index in [4.69, 9.17) is 0 Å². The van der Waals surface area contributed by atoms with Crippen LogP contribution in [-0.4, -0.2) is 51.5 Å². The summed E-state index contributed by atoms with van der Waals surface area (Å²) in [7, 11) is 0. The Balaban J connectivity index is 1.66. The topological polar surface area (TPSA) is 63.1 Å². The number of carbonyl (C=O) groups is 1. The highest BCUT2D eigenvalue weighted by Crippen LogP contribution is 2.12. The van der Waals surface area contributed by atoms with Crippen LogP contribution in [0.5, 0.6) is 0 Å². The molecule has 2 aromatic rings. The zero-order valence-corrected chi connectivity index (χ0v) is 11.7. The third-order valence-electron chi connectivity index (χ3n) is 3.63. The lowest BCUT2D eigenvalue weighted by Crippen LogP contribution is -2.46. The molecule has 0 spiro atoms. The molecule has 0 bridgehead atoms. The van der Waals surface area contributed by atoms with Crippen molar-refractivity contribution >= 4 is 17.1 Å². The molecule has 1 saturated heterocycles. The molecule has 1 N–H and O–H groups in total. The zero-order valence-electron chi connectivity index (χ0n) is 11.7. The Hall–Kier alpha value is -1.95. The van der Waals surface area contributed by atoms with E-state index in [2.05, 4.69) is 15.3 Å². The fourth-order valence-corrected chi connectivity index (χ4v) is 2.50. The third-order valence-corrected chi connectivity index (χ3v) is 3.63. The fourth-order valence-electron chi connectivity index (χ4n) is 2.50. The fraction of sp³-hybridized carbons (Fsp3) is 0.500. The number of rotatable bonds is 3. The van der Waals surface area contributed by atoms with Gasteiger partial charge in [0.15, 0.2) is 5.65 Å². The summed E-state index contributed by atoms with van der Waals surface area (Å²) in [6.45, 7) is 6.03. The van der Waals surface area contributed by atoms with Crippen LogP contribution in [0.25, 0.3) is 11.2 Å². The van der Waals surface area contributed by atoms with Gasteiger partial charge in [0, 0.05) is 45.3 Å². The van der Waals surface area contributed by atoms with Gasteiger partial charge in [-0.1, -0.05) is 0 Å². The molecule has 0 radical (unpaired) electrons. The predicted molar refractivity (Wildman–Crippen MR) is 76.3 cm³/mol. The second kappa shape index (κ2) is 5.58. The number of aromatic nitrogens is 3. The number of piperazine rings is 1. The summed E-state index contributed by atoms with van der Waals surface area (Å²) < 4.78 is 1.95. The van der Waals surface area contributed by atoms with E-state index in [1.54, 1.807) is 6.33 Å². The lowest BCUT2D eigenvalue weighted by atomic mass is 10.3. The van der Waals surface area contributed by atoms with Gasteiger partial charge in [0.05, 0.1) is 6.33 Å². The molecule has 106 valence electrons. The molecule has 20 heavy (non-hydrogen) atoms. The van der Waals surface area contributed by atoms with E-state index in [0.717, 1.165) is 42.9 Å². The van der Waals surface area contributed by atoms with Crippen molar-refractivity contribution in [3.8, 4) is 0 Å². The van der Waals surface area contributed by atoms with Gasteiger partial charge in [0.25, 0.3) is 0 Å². The lowest BCUT2D eigenvalue weighted by molar-refractivity contribution is -0.131. The van der Waals surface area contributed by atoms with Crippen LogP contribution in [0.4, 0.5) is 0 Å². The minimum atomic E-state index is 0.209. The molecular formula is C14H19N5O. The second-order valence-electron chi connectivity index (χ2n) is 5.17. The Morgan fingerprint density at radius 3 is 2.95 bits per heavy atom. The van der Waals surface area contributed by atoms with Gasteiger partial charge >= 0.3 is 0 Å². The number of nitrogens with one attached hydrogen (secondary N) is 1. The van der Waals surface area contributed by atoms with Crippen LogP contribution >= 0.6 is 0 Å². The summed E-state index contributed by atoms with van der Waals surface area (Å²) in [6, 6.07) is 2.01. The highest BCUT2D eigenvalue weighted by molar-refractivity contribution is 5.76. The largest absolute Gasteiger partial charge is 0.340 e. The van der Waals surface area contributed by atoms with Crippen molar-refractivity contribution < 1.29 is 4.79 Å². The van der Waals surface area contributed by atoms with E-state index < -0.39 is 0 Å². The molecule has 0 unspecified atom stereocenters. The molecule has 0 saturated carbocycles. The van der Waals surface area contributed by atoms with Crippen LogP contribution in [0.3, 0.4) is 0 Å². The third kappa shape index (κ3) is 2.65. The Bertz CT molecular complexity index is 615. The number of imidazole rings is 1. The minimum absolute atomic E-state index is 0.209. The first kappa shape index (κ1) is 13.1. The average molecular weight is 273 g/mol. The summed E-state index contributed by atoms with van der Waals surface area (Å²) in [5.74, 6) is 0.209. The monoisotopic (exact) mass is 273 g/mol. The van der Waals surface area contributed by atoms with E-state index in [9.17, 15) is 4.79 Å². The van der Waals surface area contributed by atoms with E-state index >= 15 is 0 Å². The molecule has 1 aliphatic rings. The Kier molecular flexibility index (Phi) is 3.64. The normalized spacial score (nSPS) is 15.8. The van der Waals surface area contributed by atoms with Crippen LogP contribution in [0.15, 0.2) is 18.6 Å². The number of fused-ring (bicyclic) bond motifs is 1. The first-order valence-electron chi connectivity index (χ1n) is 7.00. The van der Waals surface area contributed by atoms with Crippen LogP contribution in [-0.2, 0) is 11.3 Å². The lowest BCUT2D eigenvalue weighted by Gasteiger charge is -2.27. The number of amides is 1. The molecule has 3 rings (SSSR count). The average Bonchev–Trinajstić information content (AvgIpc) is 2.88. The van der Waals surface area contributed by atoms with Crippen molar-refractivity contribution in [3.05, 3.63) is 24.2 Å². The number of carbonyl (C=O) groups excluding carboxylic acids is 1. The van der Waals surface area contributed by atoms with Crippen molar-refractivity contribution in [2.45, 2.75) is 19.9 Å². The molecule has 1 fully saturated rings. The van der Waals surface area contributed by atoms with Crippen molar-refractivity contribution in [1.82, 2.24) is 24.8 Å². The van der Waals surface area contributed by atoms with Crippen molar-refractivity contribution in [2.24, 2.45) is 0 Å². The van der Waals surface area contributed by atoms with E-state index in [1.165, 1.54) is 0 Å². The molecule has 3 heterocycles. The number of hydrogen-bond acceptors (Lipinski definition) is 4. The number of hydrogen-bond donors (Lipinski definition) is 1. The summed E-state index contributed by atoms with van der Waals surface area (Å²) in [5, 5.41) is 3.25. The zero-order chi connectivity index (χ0) is 13.9. The van der Waals surface area contributed by atoms with Gasteiger partial charge in [-0.05, 0) is 18.6 Å². The summed E-state index contributed by atoms with van der Waals surface area (Å²) in [6.07, 6.45) is 4.10. The van der Waals surface area contributed by atoms with Crippen molar-refractivity contribution in [1.29, 1.82) is 0 Å². The number of aryl methyl sites for hydroxylation is 2. The quantitative estimate of drug-likeness (QED) is 0.887. The first-order valence-corrected chi connectivity index (χ1v) is 7.00. The van der Waals surface area contributed by atoms with Crippen molar-refractivity contribution in [2.75, 3.05) is 26.2 Å². The van der Waals surface area contributed by atoms with Gasteiger partial charge in [-0.25, -0.2) is 9.97 Å². The molecule has 0 aliphatic carbocycles. The van der Waals surface area contributed by atoms with Gasteiger partial charge < -0.3 is 14.8 Å². The number of nitrogens with zero attached hydrogens (tertiary/aromatic N) is 4. The van der Waals surface area contributed by atoms with Crippen LogP contribution in [0.2, 0.25) is 0 Å². The molecule has 6 nitrogen and oxygen atoms in total. The summed E-state index contributed by atoms with van der Waals surface area (Å²) >= 11 is 0. The minimum Gasteiger partial charge on any atom is -0.340 e. The molecule has 0 atom stereocenters. The first-order chi connectivity index (χ1) is 9.74. The summed E-state index contributed by atoms with van der Waals surface area (Å²) in [4.78, 5) is 22.8. The maximum absolute atomic E-state index is 12.1. The van der Waals surface area contributed by atoms with Gasteiger partial charge in [-0.15, -0.1) is 0 Å². The Morgan fingerprint density at radius 1 is 1.35 bits per heavy atom. The van der Waals surface area contributed by atoms with Crippen LogP contribution in [0.1, 0.15) is 12.0 Å². The van der Waals surface area contributed by atoms with Gasteiger partial charge in [0.2, 0.25) is 5.91 Å². The van der Waals surface area contributed by atoms with Crippen LogP contribution < -0.4 is 5.32 Å². The predicted octanol–water partition coefficient (Wildman–Crippen LogP) is 0.562. The maximum atomic E-state index is 12.1. The highest BCUT2D eigenvalue weighted by Gasteiger charge is 2.16. The molecule has 2 aromatic heterocycles. The van der Waals surface area contributed by atoms with Gasteiger partial charge in [-0.2, -0.15) is 0 Å². The molecule has 1 aliphatic heterocycles. The Morgan fingerprint density at radius 2 is 2.15 bits per heavy atom. The van der Waals surface area contributed by atoms with Gasteiger partial charge in [0.1, 0.15) is 5.52 Å². The van der Waals surface area contributed by atoms with E-state index in [0.29, 0.717) is 13.0 Å². The van der Waals surface area contributed by atoms with Crippen LogP contribution in [0, 0.1) is 6.92 Å². The number of pyridine rings is 1. The molecule has 0 aromatic carbocycles. The SMILES string of the molecule is Cc1cnc2c(c1)ncn2CCC(=O)N1CCNCC1. The molecule has 6 heteroatoms. The van der Waals surface area contributed by atoms with E-state index in [-0.39, 0.29) is 5.91 Å².